The molecule has 0 spiro atoms. The normalized spacial score (nSPS) is 18.0. The van der Waals surface area contributed by atoms with Crippen molar-refractivity contribution in [3.05, 3.63) is 53.9 Å². The van der Waals surface area contributed by atoms with E-state index in [9.17, 15) is 14.0 Å². The molecule has 212 valence electrons. The third-order valence-corrected chi connectivity index (χ3v) is 7.02. The fourth-order valence-corrected chi connectivity index (χ4v) is 5.40. The average Bonchev–Trinajstić information content (AvgIpc) is 3.45. The Balaban J connectivity index is 1.44. The summed E-state index contributed by atoms with van der Waals surface area (Å²) in [5, 5.41) is 8.36. The molecule has 1 aromatic carbocycles. The van der Waals surface area contributed by atoms with Crippen LogP contribution in [0.25, 0.3) is 16.6 Å². The first-order chi connectivity index (χ1) is 18.8. The van der Waals surface area contributed by atoms with E-state index in [2.05, 4.69) is 15.2 Å². The maximum atomic E-state index is 14.6. The number of benzene rings is 1. The molecular weight excluding hydrogens is 513 g/mol. The molecule has 1 saturated heterocycles. The molecule has 1 fully saturated rings. The molecular formula is C29H36FN7O3. The number of nitrogens with one attached hydrogen (secondary N) is 1. The van der Waals surface area contributed by atoms with Gasteiger partial charge in [-0.15, -0.1) is 0 Å². The van der Waals surface area contributed by atoms with Gasteiger partial charge in [-0.1, -0.05) is 0 Å². The van der Waals surface area contributed by atoms with Crippen LogP contribution in [0.15, 0.2) is 36.8 Å². The summed E-state index contributed by atoms with van der Waals surface area (Å²) >= 11 is 0. The lowest BCUT2D eigenvalue weighted by Gasteiger charge is -2.45. The summed E-state index contributed by atoms with van der Waals surface area (Å²) in [6.45, 7) is 15.2. The molecule has 4 heterocycles. The van der Waals surface area contributed by atoms with E-state index < -0.39 is 11.4 Å². The predicted molar refractivity (Wildman–Crippen MR) is 152 cm³/mol. The third-order valence-electron chi connectivity index (χ3n) is 7.02. The van der Waals surface area contributed by atoms with E-state index in [0.29, 0.717) is 42.1 Å². The number of carbonyl (C=O) groups excluding carboxylic acids is 2. The largest absolute Gasteiger partial charge is 0.444 e. The Kier molecular flexibility index (Phi) is 6.93. The molecule has 1 aliphatic rings. The van der Waals surface area contributed by atoms with Crippen molar-refractivity contribution < 1.29 is 18.7 Å². The van der Waals surface area contributed by atoms with E-state index in [0.717, 1.165) is 11.1 Å². The maximum Gasteiger partial charge on any atom is 0.410 e. The third kappa shape index (κ3) is 5.20. The molecule has 2 atom stereocenters. The standard InChI is InChI=1S/C29H36FN7O3/c1-8-36-16-22-24(34-13-18(3)37(19(4)14-34)28(39)40-29(5,6)7)10-9-21(25(22)33-36)27(38)32-20-11-23(30)26-31-17(2)12-35(26)15-20/h9-12,15-16,18-19H,8,13-14H2,1-7H3,(H,32,38)/t18-,19?/m0/s1. The van der Waals surface area contributed by atoms with Crippen molar-refractivity contribution in [2.45, 2.75) is 72.7 Å². The first-order valence-electron chi connectivity index (χ1n) is 13.6. The number of imidazole rings is 1. The van der Waals surface area contributed by atoms with Crippen molar-refractivity contribution in [2.24, 2.45) is 0 Å². The smallest absolute Gasteiger partial charge is 0.410 e. The Morgan fingerprint density at radius 3 is 2.48 bits per heavy atom. The van der Waals surface area contributed by atoms with Gasteiger partial charge in [-0.05, 0) is 60.6 Å². The van der Waals surface area contributed by atoms with Gasteiger partial charge in [-0.25, -0.2) is 14.2 Å². The van der Waals surface area contributed by atoms with E-state index in [4.69, 9.17) is 9.84 Å². The number of halogens is 1. The van der Waals surface area contributed by atoms with Gasteiger partial charge in [0, 0.05) is 55.4 Å². The fourth-order valence-electron chi connectivity index (χ4n) is 5.40. The highest BCUT2D eigenvalue weighted by Gasteiger charge is 2.36. The highest BCUT2D eigenvalue weighted by molar-refractivity contribution is 6.14. The number of hydrogen-bond donors (Lipinski definition) is 1. The molecule has 0 radical (unpaired) electrons. The van der Waals surface area contributed by atoms with Crippen LogP contribution in [0, 0.1) is 12.7 Å². The Hall–Kier alpha value is -4.15. The first-order valence-corrected chi connectivity index (χ1v) is 13.6. The summed E-state index contributed by atoms with van der Waals surface area (Å²) in [5.74, 6) is -0.902. The molecule has 1 unspecified atom stereocenters. The van der Waals surface area contributed by atoms with Crippen LogP contribution >= 0.6 is 0 Å². The molecule has 11 heteroatoms. The van der Waals surface area contributed by atoms with Crippen LogP contribution in [0.2, 0.25) is 0 Å². The number of hydrogen-bond acceptors (Lipinski definition) is 6. The van der Waals surface area contributed by atoms with Crippen molar-refractivity contribution in [3.63, 3.8) is 0 Å². The van der Waals surface area contributed by atoms with Gasteiger partial charge in [-0.3, -0.25) is 14.4 Å². The van der Waals surface area contributed by atoms with Crippen LogP contribution in [0.4, 0.5) is 20.6 Å². The van der Waals surface area contributed by atoms with Crippen LogP contribution < -0.4 is 10.2 Å². The van der Waals surface area contributed by atoms with Crippen LogP contribution in [0.3, 0.4) is 0 Å². The molecule has 0 bridgehead atoms. The van der Waals surface area contributed by atoms with Crippen molar-refractivity contribution in [1.29, 1.82) is 0 Å². The molecule has 0 aliphatic carbocycles. The van der Waals surface area contributed by atoms with Gasteiger partial charge in [0.05, 0.1) is 29.0 Å². The number of aromatic nitrogens is 4. The number of anilines is 2. The Morgan fingerprint density at radius 2 is 1.82 bits per heavy atom. The van der Waals surface area contributed by atoms with Gasteiger partial charge < -0.3 is 19.4 Å². The Bertz CT molecular complexity index is 1590. The van der Waals surface area contributed by atoms with E-state index in [1.165, 1.54) is 6.07 Å². The van der Waals surface area contributed by atoms with Crippen LogP contribution in [-0.2, 0) is 11.3 Å². The minimum absolute atomic E-state index is 0.0885. The number of piperazine rings is 1. The molecule has 2 amide bonds. The summed E-state index contributed by atoms with van der Waals surface area (Å²) in [4.78, 5) is 34.5. The lowest BCUT2D eigenvalue weighted by Crippen LogP contribution is -2.59. The SMILES string of the molecule is CCn1cc2c(N3CC(C)N(C(=O)OC(C)(C)C)[C@@H](C)C3)ccc(C(=O)Nc3cc(F)c4nc(C)cn4c3)c2n1. The van der Waals surface area contributed by atoms with Crippen molar-refractivity contribution in [3.8, 4) is 0 Å². The van der Waals surface area contributed by atoms with Crippen molar-refractivity contribution >= 4 is 39.9 Å². The van der Waals surface area contributed by atoms with Gasteiger partial charge in [0.25, 0.3) is 5.91 Å². The molecule has 40 heavy (non-hydrogen) atoms. The molecule has 0 saturated carbocycles. The quantitative estimate of drug-likeness (QED) is 0.374. The molecule has 1 N–H and O–H groups in total. The molecule has 4 aromatic rings. The lowest BCUT2D eigenvalue weighted by molar-refractivity contribution is 0.00567. The number of rotatable bonds is 4. The van der Waals surface area contributed by atoms with Crippen LogP contribution in [0.1, 0.15) is 57.6 Å². The van der Waals surface area contributed by atoms with Crippen LogP contribution in [0.5, 0.6) is 0 Å². The summed E-state index contributed by atoms with van der Waals surface area (Å²) in [6, 6.07) is 4.77. The minimum Gasteiger partial charge on any atom is -0.444 e. The monoisotopic (exact) mass is 549 g/mol. The number of aryl methyl sites for hydroxylation is 2. The second-order valence-corrected chi connectivity index (χ2v) is 11.5. The molecule has 10 nitrogen and oxygen atoms in total. The highest BCUT2D eigenvalue weighted by atomic mass is 19.1. The van der Waals surface area contributed by atoms with E-state index in [-0.39, 0.29) is 29.7 Å². The number of amides is 2. The van der Waals surface area contributed by atoms with Gasteiger partial charge >= 0.3 is 6.09 Å². The zero-order chi connectivity index (χ0) is 28.9. The first kappa shape index (κ1) is 27.4. The van der Waals surface area contributed by atoms with Gasteiger partial charge in [0.15, 0.2) is 11.5 Å². The Labute approximate surface area is 232 Å². The predicted octanol–water partition coefficient (Wildman–Crippen LogP) is 5.24. The van der Waals surface area contributed by atoms with Gasteiger partial charge in [0.2, 0.25) is 0 Å². The van der Waals surface area contributed by atoms with Gasteiger partial charge in [-0.2, -0.15) is 5.10 Å². The molecule has 3 aromatic heterocycles. The van der Waals surface area contributed by atoms with Crippen molar-refractivity contribution in [2.75, 3.05) is 23.3 Å². The number of pyridine rings is 1. The second kappa shape index (κ2) is 10.1. The summed E-state index contributed by atoms with van der Waals surface area (Å²) in [6.07, 6.45) is 4.97. The van der Waals surface area contributed by atoms with E-state index in [1.807, 2.05) is 53.8 Å². The summed E-state index contributed by atoms with van der Waals surface area (Å²) in [7, 11) is 0. The van der Waals surface area contributed by atoms with Crippen molar-refractivity contribution in [1.82, 2.24) is 24.1 Å². The summed E-state index contributed by atoms with van der Waals surface area (Å²) < 4.78 is 23.6. The molecule has 1 aliphatic heterocycles. The molecule has 5 rings (SSSR count). The lowest BCUT2D eigenvalue weighted by atomic mass is 10.0. The van der Waals surface area contributed by atoms with Gasteiger partial charge in [0.1, 0.15) is 11.1 Å². The fraction of sp³-hybridized carbons (Fsp3) is 0.448. The topological polar surface area (TPSA) is 97.0 Å². The number of fused-ring (bicyclic) bond motifs is 2. The minimum atomic E-state index is -0.569. The van der Waals surface area contributed by atoms with E-state index >= 15 is 0 Å². The number of ether oxygens (including phenoxy) is 1. The highest BCUT2D eigenvalue weighted by Crippen LogP contribution is 2.33. The summed E-state index contributed by atoms with van der Waals surface area (Å²) in [5.41, 5.74) is 2.53. The average molecular weight is 550 g/mol. The van der Waals surface area contributed by atoms with E-state index in [1.54, 1.807) is 39.4 Å². The number of nitrogens with zero attached hydrogens (tertiary/aromatic N) is 6. The van der Waals surface area contributed by atoms with Crippen LogP contribution in [-0.4, -0.2) is 66.8 Å². The second-order valence-electron chi connectivity index (χ2n) is 11.5. The Morgan fingerprint density at radius 1 is 1.12 bits per heavy atom. The zero-order valence-electron chi connectivity index (χ0n) is 24.0. The maximum absolute atomic E-state index is 14.6. The zero-order valence-corrected chi connectivity index (χ0v) is 24.0. The number of carbonyl (C=O) groups is 2.